The van der Waals surface area contributed by atoms with Crippen LogP contribution in [0.4, 0.5) is 0 Å². The van der Waals surface area contributed by atoms with Gasteiger partial charge >= 0.3 is 0 Å². The lowest BCUT2D eigenvalue weighted by Crippen LogP contribution is -2.09. The Hall–Kier alpha value is -1.09. The topological polar surface area (TPSA) is 34.2 Å². The quantitative estimate of drug-likeness (QED) is 0.726. The number of nitrogens with one attached hydrogen (secondary N) is 1. The van der Waals surface area contributed by atoms with E-state index < -0.39 is 0 Å². The van der Waals surface area contributed by atoms with Gasteiger partial charge in [0.05, 0.1) is 12.3 Å². The minimum absolute atomic E-state index is 0.208. The molecular weight excluding hydrogens is 188 g/mol. The van der Waals surface area contributed by atoms with Crippen molar-refractivity contribution in [2.75, 3.05) is 13.6 Å². The van der Waals surface area contributed by atoms with Crippen LogP contribution in [0.2, 0.25) is 0 Å². The summed E-state index contributed by atoms with van der Waals surface area (Å²) in [6, 6.07) is 2.07. The monoisotopic (exact) mass is 208 g/mol. The van der Waals surface area contributed by atoms with Gasteiger partial charge in [-0.3, -0.25) is 4.98 Å². The summed E-state index contributed by atoms with van der Waals surface area (Å²) < 4.78 is 5.58. The van der Waals surface area contributed by atoms with Gasteiger partial charge in [0.2, 0.25) is 0 Å². The lowest BCUT2D eigenvalue weighted by Gasteiger charge is -2.10. The van der Waals surface area contributed by atoms with Crippen molar-refractivity contribution < 1.29 is 4.74 Å². The zero-order valence-corrected chi connectivity index (χ0v) is 9.79. The molecule has 84 valence electrons. The van der Waals surface area contributed by atoms with Crippen molar-refractivity contribution in [1.82, 2.24) is 10.3 Å². The van der Waals surface area contributed by atoms with Crippen LogP contribution in [0.1, 0.15) is 25.8 Å². The Morgan fingerprint density at radius 2 is 2.20 bits per heavy atom. The lowest BCUT2D eigenvalue weighted by molar-refractivity contribution is 0.241. The molecule has 0 saturated carbocycles. The van der Waals surface area contributed by atoms with Gasteiger partial charge in [-0.05, 0) is 51.9 Å². The van der Waals surface area contributed by atoms with Crippen LogP contribution in [0.3, 0.4) is 0 Å². The minimum atomic E-state index is 0.208. The summed E-state index contributed by atoms with van der Waals surface area (Å²) in [5.41, 5.74) is 1.24. The number of aryl methyl sites for hydroxylation is 1. The van der Waals surface area contributed by atoms with Crippen LogP contribution in [0.25, 0.3) is 0 Å². The average molecular weight is 208 g/mol. The standard InChI is InChI=1S/C12H20N2O/c1-10(2)15-12-7-11(8-14-9-12)5-4-6-13-3/h7-10,13H,4-6H2,1-3H3. The first-order valence-electron chi connectivity index (χ1n) is 5.47. The van der Waals surface area contributed by atoms with Crippen molar-refractivity contribution in [2.24, 2.45) is 0 Å². The van der Waals surface area contributed by atoms with Gasteiger partial charge in [0.15, 0.2) is 0 Å². The predicted molar refractivity (Wildman–Crippen MR) is 62.2 cm³/mol. The second-order valence-corrected chi connectivity index (χ2v) is 3.90. The van der Waals surface area contributed by atoms with Gasteiger partial charge in [-0.2, -0.15) is 0 Å². The Bertz CT molecular complexity index is 287. The van der Waals surface area contributed by atoms with Crippen LogP contribution in [-0.2, 0) is 6.42 Å². The molecule has 0 aliphatic carbocycles. The molecule has 0 atom stereocenters. The Kier molecular flexibility index (Phi) is 5.12. The van der Waals surface area contributed by atoms with Gasteiger partial charge in [0, 0.05) is 6.20 Å². The van der Waals surface area contributed by atoms with E-state index in [0.29, 0.717) is 0 Å². The van der Waals surface area contributed by atoms with E-state index in [2.05, 4.69) is 16.4 Å². The molecule has 0 aliphatic rings. The van der Waals surface area contributed by atoms with Gasteiger partial charge in [-0.15, -0.1) is 0 Å². The van der Waals surface area contributed by atoms with Crippen molar-refractivity contribution in [3.63, 3.8) is 0 Å². The fourth-order valence-corrected chi connectivity index (χ4v) is 1.41. The molecule has 3 nitrogen and oxygen atoms in total. The molecule has 1 N–H and O–H groups in total. The Balaban J connectivity index is 2.50. The fraction of sp³-hybridized carbons (Fsp3) is 0.583. The maximum atomic E-state index is 5.58. The smallest absolute Gasteiger partial charge is 0.138 e. The molecule has 15 heavy (non-hydrogen) atoms. The molecule has 0 saturated heterocycles. The molecule has 0 aromatic carbocycles. The van der Waals surface area contributed by atoms with E-state index in [1.54, 1.807) is 6.20 Å². The molecule has 0 amide bonds. The summed E-state index contributed by atoms with van der Waals surface area (Å²) in [6.07, 6.45) is 6.05. The van der Waals surface area contributed by atoms with Gasteiger partial charge in [-0.1, -0.05) is 0 Å². The molecule has 1 rings (SSSR count). The van der Waals surface area contributed by atoms with E-state index in [0.717, 1.165) is 25.1 Å². The molecule has 3 heteroatoms. The third-order valence-corrected chi connectivity index (χ3v) is 2.03. The highest BCUT2D eigenvalue weighted by Crippen LogP contribution is 2.13. The maximum Gasteiger partial charge on any atom is 0.138 e. The van der Waals surface area contributed by atoms with E-state index in [-0.39, 0.29) is 6.10 Å². The Morgan fingerprint density at radius 3 is 2.87 bits per heavy atom. The number of nitrogens with zero attached hydrogens (tertiary/aromatic N) is 1. The zero-order chi connectivity index (χ0) is 11.1. The maximum absolute atomic E-state index is 5.58. The number of hydrogen-bond acceptors (Lipinski definition) is 3. The van der Waals surface area contributed by atoms with E-state index in [4.69, 9.17) is 4.74 Å². The first kappa shape index (κ1) is 12.0. The molecule has 0 bridgehead atoms. The first-order valence-corrected chi connectivity index (χ1v) is 5.47. The second-order valence-electron chi connectivity index (χ2n) is 3.90. The fourth-order valence-electron chi connectivity index (χ4n) is 1.41. The summed E-state index contributed by atoms with van der Waals surface area (Å²) in [5.74, 6) is 0.868. The Morgan fingerprint density at radius 1 is 1.40 bits per heavy atom. The summed E-state index contributed by atoms with van der Waals surface area (Å²) >= 11 is 0. The third-order valence-electron chi connectivity index (χ3n) is 2.03. The number of rotatable bonds is 6. The minimum Gasteiger partial charge on any atom is -0.489 e. The van der Waals surface area contributed by atoms with Gasteiger partial charge in [0.1, 0.15) is 5.75 Å². The zero-order valence-electron chi connectivity index (χ0n) is 9.79. The van der Waals surface area contributed by atoms with Crippen LogP contribution >= 0.6 is 0 Å². The largest absolute Gasteiger partial charge is 0.489 e. The molecule has 0 aliphatic heterocycles. The Labute approximate surface area is 91.9 Å². The highest BCUT2D eigenvalue weighted by Gasteiger charge is 2.00. The molecule has 1 aromatic heterocycles. The highest BCUT2D eigenvalue weighted by atomic mass is 16.5. The number of aromatic nitrogens is 1. The molecule has 0 radical (unpaired) electrons. The van der Waals surface area contributed by atoms with Crippen molar-refractivity contribution >= 4 is 0 Å². The number of hydrogen-bond donors (Lipinski definition) is 1. The summed E-state index contributed by atoms with van der Waals surface area (Å²) in [4.78, 5) is 4.17. The van der Waals surface area contributed by atoms with Gasteiger partial charge in [0.25, 0.3) is 0 Å². The van der Waals surface area contributed by atoms with E-state index in [9.17, 15) is 0 Å². The lowest BCUT2D eigenvalue weighted by atomic mass is 10.1. The second kappa shape index (κ2) is 6.40. The van der Waals surface area contributed by atoms with E-state index in [1.807, 2.05) is 27.1 Å². The number of pyridine rings is 1. The predicted octanol–water partition coefficient (Wildman–Crippen LogP) is 2.02. The molecule has 0 spiro atoms. The van der Waals surface area contributed by atoms with E-state index >= 15 is 0 Å². The van der Waals surface area contributed by atoms with Gasteiger partial charge < -0.3 is 10.1 Å². The molecule has 0 fully saturated rings. The van der Waals surface area contributed by atoms with E-state index in [1.165, 1.54) is 5.56 Å². The summed E-state index contributed by atoms with van der Waals surface area (Å²) in [6.45, 7) is 5.08. The first-order chi connectivity index (χ1) is 7.22. The van der Waals surface area contributed by atoms with Crippen LogP contribution in [-0.4, -0.2) is 24.7 Å². The van der Waals surface area contributed by atoms with Crippen molar-refractivity contribution in [3.05, 3.63) is 24.0 Å². The van der Waals surface area contributed by atoms with Crippen LogP contribution in [0.15, 0.2) is 18.5 Å². The molecule has 1 heterocycles. The van der Waals surface area contributed by atoms with Crippen LogP contribution < -0.4 is 10.1 Å². The summed E-state index contributed by atoms with van der Waals surface area (Å²) in [5, 5.41) is 3.13. The van der Waals surface area contributed by atoms with Crippen molar-refractivity contribution in [1.29, 1.82) is 0 Å². The normalized spacial score (nSPS) is 10.7. The molecular formula is C12H20N2O. The van der Waals surface area contributed by atoms with Crippen molar-refractivity contribution in [3.8, 4) is 5.75 Å². The number of ether oxygens (including phenoxy) is 1. The van der Waals surface area contributed by atoms with Crippen molar-refractivity contribution in [2.45, 2.75) is 32.8 Å². The SMILES string of the molecule is CNCCCc1cncc(OC(C)C)c1. The third kappa shape index (κ3) is 4.79. The van der Waals surface area contributed by atoms with Crippen LogP contribution in [0.5, 0.6) is 5.75 Å². The highest BCUT2D eigenvalue weighted by molar-refractivity contribution is 5.23. The molecule has 1 aromatic rings. The summed E-state index contributed by atoms with van der Waals surface area (Å²) in [7, 11) is 1.97. The molecule has 0 unspecified atom stereocenters. The van der Waals surface area contributed by atoms with Crippen LogP contribution in [0, 0.1) is 0 Å². The average Bonchev–Trinajstić information content (AvgIpc) is 2.18. The van der Waals surface area contributed by atoms with Gasteiger partial charge in [-0.25, -0.2) is 0 Å².